The van der Waals surface area contributed by atoms with E-state index in [9.17, 15) is 10.1 Å². The molecule has 0 unspecified atom stereocenters. The summed E-state index contributed by atoms with van der Waals surface area (Å²) in [5.41, 5.74) is 1.72. The average Bonchev–Trinajstić information content (AvgIpc) is 2.15. The smallest absolute Gasteiger partial charge is 0.269 e. The molecule has 0 aromatic heterocycles. The molecule has 0 aliphatic heterocycles. The Hall–Kier alpha value is -1.55. The van der Waals surface area contributed by atoms with Crippen molar-refractivity contribution in [2.45, 2.75) is 6.92 Å². The van der Waals surface area contributed by atoms with Crippen LogP contribution in [0.25, 0.3) is 0 Å². The number of rotatable bonds is 4. The largest absolute Gasteiger partial charge is 0.380 e. The molecule has 1 aromatic carbocycles. The van der Waals surface area contributed by atoms with Gasteiger partial charge in [-0.05, 0) is 18.6 Å². The lowest BCUT2D eigenvalue weighted by Crippen LogP contribution is -2.02. The predicted octanol–water partition coefficient (Wildman–Crippen LogP) is 3.07. The monoisotopic (exact) mass is 226 g/mol. The molecule has 0 heterocycles. The third kappa shape index (κ3) is 3.25. The molecule has 0 spiro atoms. The number of halogens is 1. The van der Waals surface area contributed by atoms with Crippen LogP contribution in [0.5, 0.6) is 0 Å². The van der Waals surface area contributed by atoms with Crippen molar-refractivity contribution in [1.29, 1.82) is 0 Å². The van der Waals surface area contributed by atoms with Gasteiger partial charge in [0.2, 0.25) is 0 Å². The second-order valence-corrected chi connectivity index (χ2v) is 3.66. The minimum atomic E-state index is -0.419. The van der Waals surface area contributed by atoms with Crippen LogP contribution in [-0.4, -0.2) is 11.5 Å². The van der Waals surface area contributed by atoms with Gasteiger partial charge in [-0.3, -0.25) is 10.1 Å². The lowest BCUT2D eigenvalue weighted by atomic mass is 10.2. The third-order valence-electron chi connectivity index (χ3n) is 1.89. The number of hydrogen-bond donors (Lipinski definition) is 1. The first-order valence-electron chi connectivity index (χ1n) is 4.33. The summed E-state index contributed by atoms with van der Waals surface area (Å²) < 4.78 is 0. The zero-order valence-electron chi connectivity index (χ0n) is 8.29. The highest BCUT2D eigenvalue weighted by Gasteiger charge is 2.07. The molecule has 1 N–H and O–H groups in total. The van der Waals surface area contributed by atoms with Gasteiger partial charge < -0.3 is 5.32 Å². The van der Waals surface area contributed by atoms with Crippen LogP contribution >= 0.6 is 11.6 Å². The summed E-state index contributed by atoms with van der Waals surface area (Å²) in [6.07, 6.45) is 0. The van der Waals surface area contributed by atoms with E-state index in [1.807, 2.05) is 0 Å². The van der Waals surface area contributed by atoms with Gasteiger partial charge in [-0.2, -0.15) is 0 Å². The van der Waals surface area contributed by atoms with Crippen molar-refractivity contribution in [3.05, 3.63) is 45.5 Å². The van der Waals surface area contributed by atoms with Crippen molar-refractivity contribution in [2.75, 3.05) is 11.9 Å². The average molecular weight is 227 g/mol. The number of aryl methyl sites for hydroxylation is 1. The van der Waals surface area contributed by atoms with E-state index in [4.69, 9.17) is 11.6 Å². The number of hydrogen-bond acceptors (Lipinski definition) is 3. The second kappa shape index (κ2) is 4.79. The van der Waals surface area contributed by atoms with E-state index < -0.39 is 4.92 Å². The minimum Gasteiger partial charge on any atom is -0.380 e. The summed E-state index contributed by atoms with van der Waals surface area (Å²) in [4.78, 5) is 10.1. The van der Waals surface area contributed by atoms with E-state index in [-0.39, 0.29) is 5.69 Å². The number of non-ortho nitro benzene ring substituents is 1. The molecular weight excluding hydrogens is 216 g/mol. The first-order chi connectivity index (χ1) is 7.00. The first-order valence-corrected chi connectivity index (χ1v) is 4.70. The number of nitrogens with one attached hydrogen (secondary N) is 1. The lowest BCUT2D eigenvalue weighted by Gasteiger charge is -2.07. The molecule has 0 saturated carbocycles. The minimum absolute atomic E-state index is 0.0859. The van der Waals surface area contributed by atoms with Crippen molar-refractivity contribution >= 4 is 23.0 Å². The number of nitro benzene ring substituents is 1. The Balaban J connectivity index is 2.83. The normalized spacial score (nSPS) is 9.73. The van der Waals surface area contributed by atoms with Crippen LogP contribution in [0, 0.1) is 17.0 Å². The van der Waals surface area contributed by atoms with E-state index >= 15 is 0 Å². The van der Waals surface area contributed by atoms with Gasteiger partial charge in [-0.25, -0.2) is 0 Å². The fourth-order valence-corrected chi connectivity index (χ4v) is 1.22. The van der Waals surface area contributed by atoms with Crippen molar-refractivity contribution in [3.8, 4) is 0 Å². The first kappa shape index (κ1) is 11.5. The van der Waals surface area contributed by atoms with E-state index in [0.29, 0.717) is 11.6 Å². The van der Waals surface area contributed by atoms with Gasteiger partial charge in [-0.15, -0.1) is 0 Å². The van der Waals surface area contributed by atoms with E-state index in [2.05, 4.69) is 11.9 Å². The molecule has 4 nitrogen and oxygen atoms in total. The highest BCUT2D eigenvalue weighted by Crippen LogP contribution is 2.21. The van der Waals surface area contributed by atoms with Crippen molar-refractivity contribution in [1.82, 2.24) is 0 Å². The van der Waals surface area contributed by atoms with Crippen LogP contribution in [0.3, 0.4) is 0 Å². The van der Waals surface area contributed by atoms with Gasteiger partial charge in [0.05, 0.1) is 11.5 Å². The van der Waals surface area contributed by atoms with Crippen molar-refractivity contribution < 1.29 is 4.92 Å². The van der Waals surface area contributed by atoms with Gasteiger partial charge in [-0.1, -0.05) is 18.2 Å². The summed E-state index contributed by atoms with van der Waals surface area (Å²) in [5, 5.41) is 14.0. The molecule has 0 atom stereocenters. The molecule has 1 rings (SSSR count). The molecule has 5 heteroatoms. The Kier molecular flexibility index (Phi) is 3.68. The zero-order chi connectivity index (χ0) is 11.4. The fraction of sp³-hybridized carbons (Fsp3) is 0.200. The summed E-state index contributed by atoms with van der Waals surface area (Å²) >= 11 is 5.60. The zero-order valence-corrected chi connectivity index (χ0v) is 9.04. The summed E-state index contributed by atoms with van der Waals surface area (Å²) in [6, 6.07) is 4.62. The standard InChI is InChI=1S/C10H11ClN2O2/c1-7-5-9(13(14)15)3-4-10(7)12-6-8(2)11/h3-5,12H,2,6H2,1H3. The lowest BCUT2D eigenvalue weighted by molar-refractivity contribution is -0.384. The maximum atomic E-state index is 10.5. The maximum Gasteiger partial charge on any atom is 0.269 e. The Labute approximate surface area is 92.7 Å². The molecule has 0 radical (unpaired) electrons. The van der Waals surface area contributed by atoms with Gasteiger partial charge >= 0.3 is 0 Å². The Morgan fingerprint density at radius 2 is 2.33 bits per heavy atom. The van der Waals surface area contributed by atoms with Crippen LogP contribution in [-0.2, 0) is 0 Å². The van der Waals surface area contributed by atoms with E-state index in [1.165, 1.54) is 12.1 Å². The van der Waals surface area contributed by atoms with Gasteiger partial charge in [0, 0.05) is 22.9 Å². The Morgan fingerprint density at radius 3 is 2.80 bits per heavy atom. The van der Waals surface area contributed by atoms with Crippen LogP contribution in [0.4, 0.5) is 11.4 Å². The van der Waals surface area contributed by atoms with Crippen LogP contribution in [0.2, 0.25) is 0 Å². The fourth-order valence-electron chi connectivity index (χ4n) is 1.15. The van der Waals surface area contributed by atoms with Crippen LogP contribution < -0.4 is 5.32 Å². The molecule has 80 valence electrons. The molecular formula is C10H11ClN2O2. The highest BCUT2D eigenvalue weighted by atomic mass is 35.5. The van der Waals surface area contributed by atoms with Gasteiger partial charge in [0.1, 0.15) is 0 Å². The molecule has 0 saturated heterocycles. The van der Waals surface area contributed by atoms with Crippen LogP contribution in [0.1, 0.15) is 5.56 Å². The predicted molar refractivity (Wildman–Crippen MR) is 61.3 cm³/mol. The number of anilines is 1. The molecule has 0 fully saturated rings. The molecule has 0 aliphatic carbocycles. The van der Waals surface area contributed by atoms with E-state index in [0.717, 1.165) is 11.3 Å². The topological polar surface area (TPSA) is 55.2 Å². The number of benzene rings is 1. The second-order valence-electron chi connectivity index (χ2n) is 3.13. The molecule has 0 amide bonds. The van der Waals surface area contributed by atoms with Crippen LogP contribution in [0.15, 0.2) is 29.8 Å². The Morgan fingerprint density at radius 1 is 1.67 bits per heavy atom. The number of nitrogens with zero attached hydrogens (tertiary/aromatic N) is 1. The molecule has 0 aliphatic rings. The summed E-state index contributed by atoms with van der Waals surface area (Å²) in [6.45, 7) is 5.78. The highest BCUT2D eigenvalue weighted by molar-refractivity contribution is 6.29. The molecule has 1 aromatic rings. The Bertz CT molecular complexity index is 404. The third-order valence-corrected chi connectivity index (χ3v) is 2.03. The van der Waals surface area contributed by atoms with Crippen molar-refractivity contribution in [3.63, 3.8) is 0 Å². The molecule has 15 heavy (non-hydrogen) atoms. The van der Waals surface area contributed by atoms with Gasteiger partial charge in [0.25, 0.3) is 5.69 Å². The molecule has 0 bridgehead atoms. The van der Waals surface area contributed by atoms with Gasteiger partial charge in [0.15, 0.2) is 0 Å². The SMILES string of the molecule is C=C(Cl)CNc1ccc([N+](=O)[O-])cc1C. The maximum absolute atomic E-state index is 10.5. The quantitative estimate of drug-likeness (QED) is 0.634. The van der Waals surface area contributed by atoms with E-state index in [1.54, 1.807) is 13.0 Å². The summed E-state index contributed by atoms with van der Waals surface area (Å²) in [5.74, 6) is 0. The number of nitro groups is 1. The van der Waals surface area contributed by atoms with Crippen molar-refractivity contribution in [2.24, 2.45) is 0 Å². The summed E-state index contributed by atoms with van der Waals surface area (Å²) in [7, 11) is 0.